The Morgan fingerprint density at radius 2 is 0.870 bits per heavy atom. The summed E-state index contributed by atoms with van der Waals surface area (Å²) in [7, 11) is 0. The summed E-state index contributed by atoms with van der Waals surface area (Å²) in [6, 6.07) is 0. The molecule has 0 aromatic rings. The van der Waals surface area contributed by atoms with Gasteiger partial charge in [0.05, 0.1) is 0 Å². The van der Waals surface area contributed by atoms with Crippen molar-refractivity contribution < 1.29 is 62.9 Å². The van der Waals surface area contributed by atoms with E-state index >= 15 is 0 Å². The van der Waals surface area contributed by atoms with Gasteiger partial charge >= 0.3 is 24.7 Å². The van der Waals surface area contributed by atoms with Crippen molar-refractivity contribution in [3.05, 3.63) is 12.2 Å². The fourth-order valence-corrected chi connectivity index (χ4v) is 1.14. The third kappa shape index (κ3) is 4.02. The Balaban J connectivity index is 5.76. The Labute approximate surface area is 119 Å². The fraction of sp³-hybridized carbons (Fsp3) is 0.778. The second-order valence-corrected chi connectivity index (χ2v) is 4.22. The Hall–Kier alpha value is -1.18. The highest BCUT2D eigenvalue weighted by Gasteiger charge is 2.71. The molecule has 138 valence electrons. The molecule has 0 aromatic heterocycles. The zero-order valence-electron chi connectivity index (χ0n) is 10.3. The molecule has 0 saturated heterocycles. The largest absolute Gasteiger partial charge is 0.429 e. The first kappa shape index (κ1) is 21.8. The summed E-state index contributed by atoms with van der Waals surface area (Å²) in [5.74, 6) is 0. The van der Waals surface area contributed by atoms with E-state index in [1.54, 1.807) is 0 Å². The van der Waals surface area contributed by atoms with Crippen LogP contribution in [0.4, 0.5) is 52.7 Å². The lowest BCUT2D eigenvalue weighted by Crippen LogP contribution is -2.57. The summed E-state index contributed by atoms with van der Waals surface area (Å²) < 4.78 is 146. The summed E-state index contributed by atoms with van der Waals surface area (Å²) in [6.45, 7) is 0. The highest BCUT2D eigenvalue weighted by Crippen LogP contribution is 2.47. The van der Waals surface area contributed by atoms with Crippen molar-refractivity contribution in [2.24, 2.45) is 0 Å². The molecule has 0 radical (unpaired) electrons. The Kier molecular flexibility index (Phi) is 5.42. The van der Waals surface area contributed by atoms with Gasteiger partial charge in [0.15, 0.2) is 0 Å². The van der Waals surface area contributed by atoms with Crippen LogP contribution in [0.2, 0.25) is 0 Å². The van der Waals surface area contributed by atoms with Crippen LogP contribution < -0.4 is 0 Å². The first-order valence-electron chi connectivity index (χ1n) is 5.10. The first-order chi connectivity index (χ1) is 9.71. The maximum absolute atomic E-state index is 12.2. The number of hydrogen-bond acceptors (Lipinski definition) is 2. The maximum atomic E-state index is 12.2. The molecule has 0 fully saturated rings. The van der Waals surface area contributed by atoms with Crippen molar-refractivity contribution in [3.8, 4) is 0 Å². The Morgan fingerprint density at radius 3 is 1.09 bits per heavy atom. The van der Waals surface area contributed by atoms with Gasteiger partial charge in [0.1, 0.15) is 0 Å². The van der Waals surface area contributed by atoms with E-state index in [9.17, 15) is 52.7 Å². The SMILES string of the molecule is OC(C=CCC(O)(C(F)(F)F)C(F)(F)F)(C(F)(F)F)C(F)(F)F. The van der Waals surface area contributed by atoms with Gasteiger partial charge in [0, 0.05) is 6.42 Å². The van der Waals surface area contributed by atoms with Gasteiger partial charge in [0.25, 0.3) is 11.2 Å². The van der Waals surface area contributed by atoms with E-state index in [1.165, 1.54) is 0 Å². The van der Waals surface area contributed by atoms with Gasteiger partial charge in [-0.2, -0.15) is 52.7 Å². The molecule has 0 aliphatic carbocycles. The predicted octanol–water partition coefficient (Wildman–Crippen LogP) is 3.64. The van der Waals surface area contributed by atoms with Gasteiger partial charge in [0.2, 0.25) is 0 Å². The topological polar surface area (TPSA) is 40.5 Å². The van der Waals surface area contributed by atoms with Gasteiger partial charge in [-0.05, 0) is 6.08 Å². The molecular formula is C9H6F12O2. The van der Waals surface area contributed by atoms with E-state index in [0.29, 0.717) is 0 Å². The van der Waals surface area contributed by atoms with Crippen LogP contribution in [0, 0.1) is 0 Å². The monoisotopic (exact) mass is 374 g/mol. The molecule has 0 atom stereocenters. The second kappa shape index (κ2) is 5.72. The highest BCUT2D eigenvalue weighted by molar-refractivity contribution is 5.12. The highest BCUT2D eigenvalue weighted by atomic mass is 19.4. The molecular weight excluding hydrogens is 368 g/mol. The lowest BCUT2D eigenvalue weighted by Gasteiger charge is -2.32. The summed E-state index contributed by atoms with van der Waals surface area (Å²) >= 11 is 0. The molecule has 23 heavy (non-hydrogen) atoms. The lowest BCUT2D eigenvalue weighted by molar-refractivity contribution is -0.366. The van der Waals surface area contributed by atoms with Crippen molar-refractivity contribution in [1.82, 2.24) is 0 Å². The average molecular weight is 374 g/mol. The summed E-state index contributed by atoms with van der Waals surface area (Å²) in [4.78, 5) is 0. The quantitative estimate of drug-likeness (QED) is 0.585. The van der Waals surface area contributed by atoms with Gasteiger partial charge in [-0.15, -0.1) is 0 Å². The maximum Gasteiger partial charge on any atom is 0.429 e. The van der Waals surface area contributed by atoms with Crippen molar-refractivity contribution >= 4 is 0 Å². The van der Waals surface area contributed by atoms with Crippen LogP contribution in [-0.2, 0) is 0 Å². The summed E-state index contributed by atoms with van der Waals surface area (Å²) in [5, 5.41) is 17.0. The third-order valence-electron chi connectivity index (χ3n) is 2.57. The predicted molar refractivity (Wildman–Crippen MR) is 47.9 cm³/mol. The number of aliphatic hydroxyl groups is 2. The van der Waals surface area contributed by atoms with Gasteiger partial charge in [-0.3, -0.25) is 0 Å². The number of rotatable bonds is 3. The van der Waals surface area contributed by atoms with Crippen LogP contribution in [0.1, 0.15) is 6.42 Å². The molecule has 0 aromatic carbocycles. The molecule has 0 rings (SSSR count). The number of halogens is 12. The van der Waals surface area contributed by atoms with Crippen LogP contribution in [-0.4, -0.2) is 46.1 Å². The average Bonchev–Trinajstić information content (AvgIpc) is 2.22. The van der Waals surface area contributed by atoms with E-state index in [0.717, 1.165) is 0 Å². The molecule has 0 heterocycles. The third-order valence-corrected chi connectivity index (χ3v) is 2.57. The van der Waals surface area contributed by atoms with Crippen molar-refractivity contribution in [2.75, 3.05) is 0 Å². The van der Waals surface area contributed by atoms with Crippen LogP contribution >= 0.6 is 0 Å². The second-order valence-electron chi connectivity index (χ2n) is 4.22. The smallest absolute Gasteiger partial charge is 0.373 e. The molecule has 0 bridgehead atoms. The van der Waals surface area contributed by atoms with E-state index < -0.39 is 54.5 Å². The zero-order valence-corrected chi connectivity index (χ0v) is 10.3. The molecule has 0 saturated carbocycles. The van der Waals surface area contributed by atoms with Crippen LogP contribution in [0.3, 0.4) is 0 Å². The molecule has 2 N–H and O–H groups in total. The van der Waals surface area contributed by atoms with Crippen LogP contribution in [0.5, 0.6) is 0 Å². The van der Waals surface area contributed by atoms with E-state index in [4.69, 9.17) is 10.2 Å². The van der Waals surface area contributed by atoms with E-state index in [2.05, 4.69) is 0 Å². The zero-order chi connectivity index (χ0) is 19.1. The van der Waals surface area contributed by atoms with Crippen LogP contribution in [0.15, 0.2) is 12.2 Å². The van der Waals surface area contributed by atoms with Gasteiger partial charge < -0.3 is 10.2 Å². The minimum absolute atomic E-state index is 0.901. The normalized spacial score (nSPS) is 16.3. The number of hydrogen-bond donors (Lipinski definition) is 2. The fourth-order valence-electron chi connectivity index (χ4n) is 1.14. The molecule has 2 nitrogen and oxygen atoms in total. The summed E-state index contributed by atoms with van der Waals surface area (Å²) in [5.41, 5.74) is -11.3. The van der Waals surface area contributed by atoms with Crippen molar-refractivity contribution in [3.63, 3.8) is 0 Å². The Morgan fingerprint density at radius 1 is 0.565 bits per heavy atom. The molecule has 0 aliphatic rings. The van der Waals surface area contributed by atoms with Crippen molar-refractivity contribution in [2.45, 2.75) is 42.3 Å². The van der Waals surface area contributed by atoms with Gasteiger partial charge in [-0.25, -0.2) is 0 Å². The number of alkyl halides is 12. The van der Waals surface area contributed by atoms with E-state index in [-0.39, 0.29) is 0 Å². The molecule has 0 aliphatic heterocycles. The molecule has 14 heteroatoms. The Bertz CT molecular complexity index is 409. The minimum Gasteiger partial charge on any atom is -0.373 e. The lowest BCUT2D eigenvalue weighted by atomic mass is 9.95. The van der Waals surface area contributed by atoms with E-state index in [1.807, 2.05) is 0 Å². The standard InChI is InChI=1S/C9H6F12O2/c10-6(11,12)4(22,7(13,14)15)2-1-3-5(23,8(16,17)18)9(19,20)21/h1-2,22-23H,3H2. The molecule has 0 unspecified atom stereocenters. The summed E-state index contributed by atoms with van der Waals surface area (Å²) in [6.07, 6.45) is -30.8. The molecule has 0 amide bonds. The molecule has 0 spiro atoms. The van der Waals surface area contributed by atoms with Crippen molar-refractivity contribution in [1.29, 1.82) is 0 Å². The van der Waals surface area contributed by atoms with Crippen LogP contribution in [0.25, 0.3) is 0 Å². The first-order valence-corrected chi connectivity index (χ1v) is 5.10. The van der Waals surface area contributed by atoms with Gasteiger partial charge in [-0.1, -0.05) is 6.08 Å². The minimum atomic E-state index is -6.48.